The highest BCUT2D eigenvalue weighted by molar-refractivity contribution is 5.97. The lowest BCUT2D eigenvalue weighted by Crippen LogP contribution is -2.46. The first-order valence-electron chi connectivity index (χ1n) is 10.0. The van der Waals surface area contributed by atoms with Crippen LogP contribution in [0.15, 0.2) is 47.3 Å². The number of rotatable bonds is 3. The minimum atomic E-state index is -0.240. The zero-order valence-corrected chi connectivity index (χ0v) is 16.4. The number of aromatic nitrogens is 3. The molecule has 148 valence electrons. The second-order valence-corrected chi connectivity index (χ2v) is 7.50. The SMILES string of the molecule is CCN1CCN(c2ccc3nc(-c4c(N)c5ccccc5[nH]c4=O)[nH]c3c2)CC1. The molecule has 7 heteroatoms. The molecule has 7 nitrogen and oxygen atoms in total. The van der Waals surface area contributed by atoms with Crippen molar-refractivity contribution in [3.05, 3.63) is 52.8 Å². The monoisotopic (exact) mass is 388 g/mol. The first kappa shape index (κ1) is 17.8. The Morgan fingerprint density at radius 3 is 2.62 bits per heavy atom. The molecule has 1 aliphatic rings. The maximum Gasteiger partial charge on any atom is 0.261 e. The van der Waals surface area contributed by atoms with Gasteiger partial charge in [0.25, 0.3) is 5.56 Å². The zero-order valence-electron chi connectivity index (χ0n) is 16.4. The van der Waals surface area contributed by atoms with Gasteiger partial charge in [-0.3, -0.25) is 4.79 Å². The summed E-state index contributed by atoms with van der Waals surface area (Å²) in [6, 6.07) is 13.7. The van der Waals surface area contributed by atoms with E-state index in [9.17, 15) is 4.79 Å². The molecule has 0 radical (unpaired) electrons. The molecule has 2 aromatic heterocycles. The Morgan fingerprint density at radius 2 is 1.83 bits per heavy atom. The minimum Gasteiger partial charge on any atom is -0.397 e. The third-order valence-electron chi connectivity index (χ3n) is 5.85. The lowest BCUT2D eigenvalue weighted by Gasteiger charge is -2.35. The molecule has 0 saturated carbocycles. The molecule has 29 heavy (non-hydrogen) atoms. The van der Waals surface area contributed by atoms with E-state index in [0.717, 1.165) is 54.7 Å². The molecule has 4 N–H and O–H groups in total. The predicted octanol–water partition coefficient (Wildman–Crippen LogP) is 2.80. The van der Waals surface area contributed by atoms with Gasteiger partial charge in [-0.05, 0) is 30.8 Å². The Hall–Kier alpha value is -3.32. The predicted molar refractivity (Wildman–Crippen MR) is 118 cm³/mol. The van der Waals surface area contributed by atoms with Crippen LogP contribution in [-0.2, 0) is 0 Å². The van der Waals surface area contributed by atoms with Crippen LogP contribution >= 0.6 is 0 Å². The Balaban J connectivity index is 1.54. The first-order chi connectivity index (χ1) is 14.1. The summed E-state index contributed by atoms with van der Waals surface area (Å²) in [5.41, 5.74) is 10.6. The summed E-state index contributed by atoms with van der Waals surface area (Å²) in [5, 5.41) is 0.817. The smallest absolute Gasteiger partial charge is 0.261 e. The molecule has 0 bridgehead atoms. The number of benzene rings is 2. The lowest BCUT2D eigenvalue weighted by atomic mass is 10.1. The molecule has 0 atom stereocenters. The number of anilines is 2. The quantitative estimate of drug-likeness (QED) is 0.502. The molecule has 1 saturated heterocycles. The van der Waals surface area contributed by atoms with E-state index < -0.39 is 0 Å². The third kappa shape index (κ3) is 3.03. The maximum atomic E-state index is 12.7. The minimum absolute atomic E-state index is 0.240. The summed E-state index contributed by atoms with van der Waals surface area (Å²) < 4.78 is 0. The molecule has 0 unspecified atom stereocenters. The van der Waals surface area contributed by atoms with Crippen molar-refractivity contribution in [3.8, 4) is 11.4 Å². The van der Waals surface area contributed by atoms with Crippen LogP contribution in [0.2, 0.25) is 0 Å². The highest BCUT2D eigenvalue weighted by Gasteiger charge is 2.18. The molecule has 0 spiro atoms. The largest absolute Gasteiger partial charge is 0.397 e. The number of imidazole rings is 1. The van der Waals surface area contributed by atoms with Crippen LogP contribution in [0.5, 0.6) is 0 Å². The number of fused-ring (bicyclic) bond motifs is 2. The molecule has 2 aromatic carbocycles. The summed E-state index contributed by atoms with van der Waals surface area (Å²) in [6.45, 7) is 7.47. The maximum absolute atomic E-state index is 12.7. The van der Waals surface area contributed by atoms with E-state index in [4.69, 9.17) is 5.73 Å². The summed E-state index contributed by atoms with van der Waals surface area (Å²) in [5.74, 6) is 0.498. The molecular weight excluding hydrogens is 364 g/mol. The van der Waals surface area contributed by atoms with Crippen molar-refractivity contribution in [1.29, 1.82) is 0 Å². The second-order valence-electron chi connectivity index (χ2n) is 7.50. The van der Waals surface area contributed by atoms with Gasteiger partial charge in [-0.2, -0.15) is 0 Å². The van der Waals surface area contributed by atoms with Crippen LogP contribution in [0.25, 0.3) is 33.3 Å². The van der Waals surface area contributed by atoms with E-state index in [1.165, 1.54) is 5.69 Å². The number of aromatic amines is 2. The number of likely N-dealkylation sites (N-methyl/N-ethyl adjacent to an activating group) is 1. The van der Waals surface area contributed by atoms with E-state index in [1.54, 1.807) is 0 Å². The highest BCUT2D eigenvalue weighted by atomic mass is 16.1. The van der Waals surface area contributed by atoms with Crippen molar-refractivity contribution in [1.82, 2.24) is 19.9 Å². The Kier molecular flexibility index (Phi) is 4.24. The number of para-hydroxylation sites is 1. The van der Waals surface area contributed by atoms with Crippen LogP contribution < -0.4 is 16.2 Å². The molecular formula is C22H24N6O. The molecule has 3 heterocycles. The van der Waals surface area contributed by atoms with Gasteiger partial charge in [0.2, 0.25) is 0 Å². The highest BCUT2D eigenvalue weighted by Crippen LogP contribution is 2.29. The molecule has 0 amide bonds. The molecule has 5 rings (SSSR count). The van der Waals surface area contributed by atoms with Crippen LogP contribution in [0.3, 0.4) is 0 Å². The van der Waals surface area contributed by atoms with E-state index in [1.807, 2.05) is 30.3 Å². The van der Waals surface area contributed by atoms with E-state index in [-0.39, 0.29) is 5.56 Å². The van der Waals surface area contributed by atoms with Crippen molar-refractivity contribution in [3.63, 3.8) is 0 Å². The van der Waals surface area contributed by atoms with Crippen LogP contribution in [0, 0.1) is 0 Å². The van der Waals surface area contributed by atoms with Gasteiger partial charge >= 0.3 is 0 Å². The summed E-state index contributed by atoms with van der Waals surface area (Å²) in [7, 11) is 0. The average Bonchev–Trinajstić information content (AvgIpc) is 3.16. The van der Waals surface area contributed by atoms with Gasteiger partial charge in [-0.15, -0.1) is 0 Å². The van der Waals surface area contributed by atoms with Gasteiger partial charge in [-0.25, -0.2) is 4.98 Å². The van der Waals surface area contributed by atoms with Crippen molar-refractivity contribution in [2.24, 2.45) is 0 Å². The summed E-state index contributed by atoms with van der Waals surface area (Å²) in [4.78, 5) is 28.4. The normalized spacial score (nSPS) is 15.4. The fraction of sp³-hybridized carbons (Fsp3) is 0.273. The van der Waals surface area contributed by atoms with Crippen LogP contribution in [0.1, 0.15) is 6.92 Å². The summed E-state index contributed by atoms with van der Waals surface area (Å²) in [6.07, 6.45) is 0. The van der Waals surface area contributed by atoms with Gasteiger partial charge < -0.3 is 25.5 Å². The Labute approximate surface area is 168 Å². The number of nitrogens with two attached hydrogens (primary N) is 1. The lowest BCUT2D eigenvalue weighted by molar-refractivity contribution is 0.271. The second kappa shape index (κ2) is 6.93. The molecule has 0 aliphatic carbocycles. The molecule has 1 fully saturated rings. The zero-order chi connectivity index (χ0) is 20.0. The number of H-pyrrole nitrogens is 2. The fourth-order valence-corrected chi connectivity index (χ4v) is 4.14. The summed E-state index contributed by atoms with van der Waals surface area (Å²) >= 11 is 0. The fourth-order valence-electron chi connectivity index (χ4n) is 4.14. The van der Waals surface area contributed by atoms with Gasteiger partial charge in [0.15, 0.2) is 0 Å². The van der Waals surface area contributed by atoms with Gasteiger partial charge in [-0.1, -0.05) is 25.1 Å². The van der Waals surface area contributed by atoms with Gasteiger partial charge in [0.05, 0.1) is 22.2 Å². The van der Waals surface area contributed by atoms with Crippen LogP contribution in [-0.4, -0.2) is 52.6 Å². The van der Waals surface area contributed by atoms with Gasteiger partial charge in [0.1, 0.15) is 11.4 Å². The first-order valence-corrected chi connectivity index (χ1v) is 10.0. The van der Waals surface area contributed by atoms with E-state index in [0.29, 0.717) is 17.1 Å². The van der Waals surface area contributed by atoms with Crippen molar-refractivity contribution in [2.75, 3.05) is 43.4 Å². The number of nitrogens with one attached hydrogen (secondary N) is 2. The molecule has 4 aromatic rings. The van der Waals surface area contributed by atoms with Crippen molar-refractivity contribution in [2.45, 2.75) is 6.92 Å². The van der Waals surface area contributed by atoms with Crippen molar-refractivity contribution >= 4 is 33.3 Å². The Bertz CT molecular complexity index is 1250. The Morgan fingerprint density at radius 1 is 1.03 bits per heavy atom. The number of nitrogen functional groups attached to an aromatic ring is 1. The van der Waals surface area contributed by atoms with E-state index >= 15 is 0 Å². The van der Waals surface area contributed by atoms with Gasteiger partial charge in [0, 0.05) is 37.3 Å². The number of nitrogens with zero attached hydrogens (tertiary/aromatic N) is 3. The number of hydrogen-bond donors (Lipinski definition) is 3. The average molecular weight is 388 g/mol. The van der Waals surface area contributed by atoms with Crippen LogP contribution in [0.4, 0.5) is 11.4 Å². The van der Waals surface area contributed by atoms with Crippen molar-refractivity contribution < 1.29 is 0 Å². The third-order valence-corrected chi connectivity index (χ3v) is 5.85. The van der Waals surface area contributed by atoms with E-state index in [2.05, 4.69) is 43.8 Å². The topological polar surface area (TPSA) is 94.0 Å². The standard InChI is InChI=1S/C22H24N6O/c1-2-27-9-11-28(12-10-27)14-7-8-17-18(13-14)25-21(24-17)19-20(23)15-5-3-4-6-16(15)26-22(19)29/h3-8,13H,2,9-12H2,1H3,(H,24,25)(H3,23,26,29). The number of hydrogen-bond acceptors (Lipinski definition) is 5. The molecule has 1 aliphatic heterocycles. The number of piperazine rings is 1. The number of pyridine rings is 1.